The maximum absolute atomic E-state index is 10.4. The standard InChI is InChI=1S/C7H6ClN3O2/c8-5(9)1-2-6-10-3-4(11-6)7(12)13/h1-3,9H,(H,10,11)(H,12,13)/b2-1-,9-5?. The van der Waals surface area contributed by atoms with Crippen molar-refractivity contribution < 1.29 is 9.90 Å². The molecule has 6 heteroatoms. The molecule has 0 radical (unpaired) electrons. The summed E-state index contributed by atoms with van der Waals surface area (Å²) in [4.78, 5) is 16.6. The lowest BCUT2D eigenvalue weighted by Gasteiger charge is -1.84. The van der Waals surface area contributed by atoms with E-state index in [1.165, 1.54) is 18.3 Å². The Bertz CT molecular complexity index is 370. The van der Waals surface area contributed by atoms with Crippen molar-refractivity contribution in [2.75, 3.05) is 0 Å². The smallest absolute Gasteiger partial charge is 0.353 e. The molecule has 5 nitrogen and oxygen atoms in total. The molecule has 0 amide bonds. The molecule has 0 atom stereocenters. The number of carboxylic acid groups (broad SMARTS) is 1. The maximum atomic E-state index is 10.4. The second-order valence-corrected chi connectivity index (χ2v) is 2.58. The average molecular weight is 200 g/mol. The van der Waals surface area contributed by atoms with Gasteiger partial charge in [-0.2, -0.15) is 0 Å². The van der Waals surface area contributed by atoms with Crippen LogP contribution in [0.5, 0.6) is 0 Å². The van der Waals surface area contributed by atoms with E-state index in [-0.39, 0.29) is 10.9 Å². The molecule has 1 aromatic rings. The Morgan fingerprint density at radius 1 is 1.77 bits per heavy atom. The Morgan fingerprint density at radius 3 is 2.92 bits per heavy atom. The summed E-state index contributed by atoms with van der Waals surface area (Å²) in [6.45, 7) is 0. The number of nitrogens with zero attached hydrogens (tertiary/aromatic N) is 1. The minimum absolute atomic E-state index is 0.000697. The number of halogens is 1. The molecule has 0 aliphatic carbocycles. The van der Waals surface area contributed by atoms with Gasteiger partial charge in [0.1, 0.15) is 16.7 Å². The van der Waals surface area contributed by atoms with E-state index >= 15 is 0 Å². The molecule has 0 spiro atoms. The van der Waals surface area contributed by atoms with E-state index in [0.717, 1.165) is 0 Å². The van der Waals surface area contributed by atoms with Crippen LogP contribution in [0.4, 0.5) is 0 Å². The van der Waals surface area contributed by atoms with Gasteiger partial charge < -0.3 is 10.1 Å². The van der Waals surface area contributed by atoms with Gasteiger partial charge in [-0.1, -0.05) is 11.6 Å². The number of aromatic carboxylic acids is 1. The zero-order chi connectivity index (χ0) is 9.84. The van der Waals surface area contributed by atoms with Crippen molar-refractivity contribution in [3.05, 3.63) is 23.8 Å². The number of rotatable bonds is 3. The van der Waals surface area contributed by atoms with Crippen LogP contribution in [-0.2, 0) is 0 Å². The summed E-state index contributed by atoms with van der Waals surface area (Å²) in [7, 11) is 0. The number of aromatic amines is 1. The van der Waals surface area contributed by atoms with Crippen LogP contribution in [-0.4, -0.2) is 26.2 Å². The monoisotopic (exact) mass is 199 g/mol. The van der Waals surface area contributed by atoms with Gasteiger partial charge >= 0.3 is 5.97 Å². The number of H-pyrrole nitrogens is 1. The van der Waals surface area contributed by atoms with Gasteiger partial charge in [0.05, 0.1) is 6.20 Å². The quantitative estimate of drug-likeness (QED) is 0.642. The molecule has 0 aromatic carbocycles. The molecule has 0 saturated carbocycles. The van der Waals surface area contributed by atoms with Crippen LogP contribution < -0.4 is 0 Å². The van der Waals surface area contributed by atoms with Crippen molar-refractivity contribution in [2.45, 2.75) is 0 Å². The van der Waals surface area contributed by atoms with Crippen molar-refractivity contribution in [3.63, 3.8) is 0 Å². The van der Waals surface area contributed by atoms with Gasteiger partial charge in [-0.15, -0.1) is 0 Å². The van der Waals surface area contributed by atoms with Crippen molar-refractivity contribution in [1.29, 1.82) is 5.41 Å². The molecule has 0 aliphatic rings. The third kappa shape index (κ3) is 2.72. The molecule has 13 heavy (non-hydrogen) atoms. The highest BCUT2D eigenvalue weighted by atomic mass is 35.5. The number of nitrogens with one attached hydrogen (secondary N) is 2. The Kier molecular flexibility index (Phi) is 2.81. The molecule has 0 unspecified atom stereocenters. The summed E-state index contributed by atoms with van der Waals surface area (Å²) in [5.41, 5.74) is 0.000697. The highest BCUT2D eigenvalue weighted by molar-refractivity contribution is 6.67. The van der Waals surface area contributed by atoms with Crippen molar-refractivity contribution in [3.8, 4) is 0 Å². The van der Waals surface area contributed by atoms with E-state index in [9.17, 15) is 4.79 Å². The minimum Gasteiger partial charge on any atom is -0.477 e. The van der Waals surface area contributed by atoms with E-state index in [0.29, 0.717) is 5.82 Å². The Labute approximate surface area is 78.6 Å². The SMILES string of the molecule is N=C(Cl)/C=C\c1ncc(C(=O)O)[nH]1. The molecule has 1 heterocycles. The first-order chi connectivity index (χ1) is 6.09. The van der Waals surface area contributed by atoms with Crippen LogP contribution in [0.15, 0.2) is 12.3 Å². The number of imidazole rings is 1. The van der Waals surface area contributed by atoms with Crippen LogP contribution in [0.1, 0.15) is 16.3 Å². The second-order valence-electron chi connectivity index (χ2n) is 2.17. The molecule has 1 aromatic heterocycles. The fraction of sp³-hybridized carbons (Fsp3) is 0. The molecule has 0 fully saturated rings. The van der Waals surface area contributed by atoms with E-state index < -0.39 is 5.97 Å². The van der Waals surface area contributed by atoms with Gasteiger partial charge in [0.2, 0.25) is 0 Å². The fourth-order valence-corrected chi connectivity index (χ4v) is 0.745. The number of hydrogen-bond donors (Lipinski definition) is 3. The zero-order valence-corrected chi connectivity index (χ0v) is 7.17. The highest BCUT2D eigenvalue weighted by Gasteiger charge is 2.04. The molecular weight excluding hydrogens is 194 g/mol. The van der Waals surface area contributed by atoms with Crippen LogP contribution in [0.3, 0.4) is 0 Å². The second kappa shape index (κ2) is 3.86. The first-order valence-electron chi connectivity index (χ1n) is 3.30. The molecule has 68 valence electrons. The average Bonchev–Trinajstić information content (AvgIpc) is 2.48. The number of carbonyl (C=O) groups is 1. The number of carboxylic acids is 1. The van der Waals surface area contributed by atoms with Crippen LogP contribution in [0.25, 0.3) is 6.08 Å². The molecule has 0 aliphatic heterocycles. The highest BCUT2D eigenvalue weighted by Crippen LogP contribution is 1.99. The van der Waals surface area contributed by atoms with Gasteiger partial charge in [-0.3, -0.25) is 5.41 Å². The van der Waals surface area contributed by atoms with Gasteiger partial charge in [-0.05, 0) is 12.2 Å². The van der Waals surface area contributed by atoms with Crippen LogP contribution >= 0.6 is 11.6 Å². The third-order valence-corrected chi connectivity index (χ3v) is 1.34. The summed E-state index contributed by atoms with van der Waals surface area (Å²) in [6, 6.07) is 0. The Morgan fingerprint density at radius 2 is 2.46 bits per heavy atom. The number of allylic oxidation sites excluding steroid dienone is 1. The Hall–Kier alpha value is -1.62. The third-order valence-electron chi connectivity index (χ3n) is 1.21. The lowest BCUT2D eigenvalue weighted by molar-refractivity contribution is 0.0691. The Balaban J connectivity index is 2.80. The van der Waals surface area contributed by atoms with Gasteiger partial charge in [0.15, 0.2) is 0 Å². The van der Waals surface area contributed by atoms with Gasteiger partial charge in [-0.25, -0.2) is 9.78 Å². The van der Waals surface area contributed by atoms with Crippen LogP contribution in [0, 0.1) is 5.41 Å². The summed E-state index contributed by atoms with van der Waals surface area (Å²) in [5, 5.41) is 15.2. The molecule has 0 saturated heterocycles. The van der Waals surface area contributed by atoms with Crippen molar-refractivity contribution >= 4 is 28.8 Å². The first-order valence-corrected chi connectivity index (χ1v) is 3.68. The number of aromatic nitrogens is 2. The normalized spacial score (nSPS) is 10.5. The summed E-state index contributed by atoms with van der Waals surface area (Å²) < 4.78 is 0. The lowest BCUT2D eigenvalue weighted by atomic mass is 10.5. The van der Waals surface area contributed by atoms with Crippen molar-refractivity contribution in [2.24, 2.45) is 0 Å². The van der Waals surface area contributed by atoms with Crippen LogP contribution in [0.2, 0.25) is 0 Å². The van der Waals surface area contributed by atoms with Gasteiger partial charge in [0.25, 0.3) is 0 Å². The lowest BCUT2D eigenvalue weighted by Crippen LogP contribution is -1.95. The summed E-state index contributed by atoms with van der Waals surface area (Å²) >= 11 is 5.24. The molecule has 0 bridgehead atoms. The van der Waals surface area contributed by atoms with Crippen molar-refractivity contribution in [1.82, 2.24) is 9.97 Å². The zero-order valence-electron chi connectivity index (χ0n) is 6.41. The van der Waals surface area contributed by atoms with E-state index in [2.05, 4.69) is 9.97 Å². The van der Waals surface area contributed by atoms with E-state index in [4.69, 9.17) is 22.1 Å². The first kappa shape index (κ1) is 9.47. The molecule has 3 N–H and O–H groups in total. The van der Waals surface area contributed by atoms with E-state index in [1.807, 2.05) is 0 Å². The fourth-order valence-electron chi connectivity index (χ4n) is 0.682. The summed E-state index contributed by atoms with van der Waals surface area (Å²) in [6.07, 6.45) is 3.91. The maximum Gasteiger partial charge on any atom is 0.353 e. The predicted octanol–water partition coefficient (Wildman–Crippen LogP) is 1.34. The molecule has 1 rings (SSSR count). The van der Waals surface area contributed by atoms with E-state index in [1.54, 1.807) is 0 Å². The predicted molar refractivity (Wildman–Crippen MR) is 48.2 cm³/mol. The summed E-state index contributed by atoms with van der Waals surface area (Å²) in [5.74, 6) is -0.726. The minimum atomic E-state index is -1.08. The topological polar surface area (TPSA) is 89.8 Å². The molecular formula is C7H6ClN3O2. The largest absolute Gasteiger partial charge is 0.477 e. The number of hydrogen-bond acceptors (Lipinski definition) is 3. The van der Waals surface area contributed by atoms with Gasteiger partial charge in [0, 0.05) is 0 Å².